The summed E-state index contributed by atoms with van der Waals surface area (Å²) < 4.78 is 0. The van der Waals surface area contributed by atoms with Gasteiger partial charge >= 0.3 is 17.8 Å². The van der Waals surface area contributed by atoms with Gasteiger partial charge in [-0.2, -0.15) is 0 Å². The Morgan fingerprint density at radius 1 is 1.26 bits per heavy atom. The van der Waals surface area contributed by atoms with Crippen molar-refractivity contribution < 1.29 is 34.2 Å². The first kappa shape index (κ1) is 16.4. The summed E-state index contributed by atoms with van der Waals surface area (Å²) in [6, 6.07) is 1.18. The largest absolute Gasteiger partial charge is 0.478 e. The highest BCUT2D eigenvalue weighted by Gasteiger charge is 2.29. The number of nitrogens with zero attached hydrogens (tertiary/aromatic N) is 1. The zero-order chi connectivity index (χ0) is 17.3. The van der Waals surface area contributed by atoms with Gasteiger partial charge < -0.3 is 15.5 Å². The number of rotatable bonds is 4. The van der Waals surface area contributed by atoms with Crippen molar-refractivity contribution in [3.05, 3.63) is 28.2 Å². The molecule has 0 radical (unpaired) electrons. The number of carboxylic acid groups (broad SMARTS) is 2. The second-order valence-electron chi connectivity index (χ2n) is 4.58. The predicted octanol–water partition coefficient (Wildman–Crippen LogP) is 0.285. The number of hydrogen-bond acceptors (Lipinski definition) is 6. The van der Waals surface area contributed by atoms with Gasteiger partial charge in [0, 0.05) is 16.5 Å². The molecule has 2 heterocycles. The molecule has 1 aromatic heterocycles. The van der Waals surface area contributed by atoms with Crippen LogP contribution in [0.5, 0.6) is 0 Å². The number of aliphatic carboxylic acids is 1. The van der Waals surface area contributed by atoms with Crippen molar-refractivity contribution in [1.82, 2.24) is 4.90 Å². The summed E-state index contributed by atoms with van der Waals surface area (Å²) in [5, 5.41) is 19.4. The van der Waals surface area contributed by atoms with E-state index in [0.29, 0.717) is 4.88 Å². The number of amides is 3. The van der Waals surface area contributed by atoms with Crippen LogP contribution >= 0.6 is 11.3 Å². The third-order valence-electron chi connectivity index (χ3n) is 2.94. The second-order valence-corrected chi connectivity index (χ2v) is 5.71. The molecule has 120 valence electrons. The van der Waals surface area contributed by atoms with Gasteiger partial charge in [-0.05, 0) is 13.0 Å². The SMILES string of the molecule is CC1=CC(=O)N(Cc2cc(C(=O)O)c(NC(=O)C(=O)O)s2)C1=O. The second kappa shape index (κ2) is 6.01. The number of thiophene rings is 1. The van der Waals surface area contributed by atoms with E-state index in [2.05, 4.69) is 0 Å². The van der Waals surface area contributed by atoms with Crippen LogP contribution in [0.1, 0.15) is 22.2 Å². The molecular formula is C13H10N2O7S. The molecule has 2 rings (SSSR count). The molecule has 1 aliphatic heterocycles. The van der Waals surface area contributed by atoms with Gasteiger partial charge in [0.15, 0.2) is 0 Å². The number of hydrogen-bond donors (Lipinski definition) is 3. The summed E-state index contributed by atoms with van der Waals surface area (Å²) in [7, 11) is 0. The zero-order valence-corrected chi connectivity index (χ0v) is 12.5. The maximum atomic E-state index is 11.8. The van der Waals surface area contributed by atoms with E-state index in [1.54, 1.807) is 0 Å². The molecule has 0 atom stereocenters. The first-order valence-corrected chi connectivity index (χ1v) is 6.96. The fraction of sp³-hybridized carbons (Fsp3) is 0.154. The molecule has 3 amide bonds. The summed E-state index contributed by atoms with van der Waals surface area (Å²) in [5.41, 5.74) is -0.0483. The molecule has 3 N–H and O–H groups in total. The molecule has 0 saturated carbocycles. The Bertz CT molecular complexity index is 777. The van der Waals surface area contributed by atoms with Crippen LogP contribution in [0.15, 0.2) is 17.7 Å². The van der Waals surface area contributed by atoms with Gasteiger partial charge in [0.05, 0.1) is 12.1 Å². The van der Waals surface area contributed by atoms with E-state index in [4.69, 9.17) is 10.2 Å². The molecule has 23 heavy (non-hydrogen) atoms. The van der Waals surface area contributed by atoms with Crippen molar-refractivity contribution in [3.8, 4) is 0 Å². The number of imide groups is 1. The maximum absolute atomic E-state index is 11.8. The number of carbonyl (C=O) groups excluding carboxylic acids is 3. The fourth-order valence-electron chi connectivity index (χ4n) is 1.87. The average Bonchev–Trinajstić information content (AvgIpc) is 2.95. The van der Waals surface area contributed by atoms with E-state index in [9.17, 15) is 24.0 Å². The molecule has 0 spiro atoms. The van der Waals surface area contributed by atoms with E-state index in [1.165, 1.54) is 19.1 Å². The molecule has 0 fully saturated rings. The van der Waals surface area contributed by atoms with E-state index >= 15 is 0 Å². The van der Waals surface area contributed by atoms with Crippen LogP contribution in [0, 0.1) is 0 Å². The number of nitrogens with one attached hydrogen (secondary N) is 1. The number of carbonyl (C=O) groups is 5. The maximum Gasteiger partial charge on any atom is 0.394 e. The molecule has 9 nitrogen and oxygen atoms in total. The third kappa shape index (κ3) is 3.26. The summed E-state index contributed by atoms with van der Waals surface area (Å²) in [6.45, 7) is 1.31. The summed E-state index contributed by atoms with van der Waals surface area (Å²) in [6.07, 6.45) is 1.17. The highest BCUT2D eigenvalue weighted by Crippen LogP contribution is 2.30. The monoisotopic (exact) mass is 338 g/mol. The standard InChI is InChI=1S/C13H10N2O7S/c1-5-2-8(16)15(11(5)18)4-6-3-7(12(19)20)10(23-6)14-9(17)13(21)22/h2-3H,4H2,1H3,(H,14,17)(H,19,20)(H,21,22). The van der Waals surface area contributed by atoms with Gasteiger partial charge in [-0.1, -0.05) is 0 Å². The lowest BCUT2D eigenvalue weighted by molar-refractivity contribution is -0.147. The first-order chi connectivity index (χ1) is 10.7. The molecule has 0 saturated heterocycles. The minimum Gasteiger partial charge on any atom is -0.478 e. The zero-order valence-electron chi connectivity index (χ0n) is 11.7. The molecule has 0 aromatic carbocycles. The normalized spacial score (nSPS) is 14.0. The Morgan fingerprint density at radius 3 is 2.39 bits per heavy atom. The van der Waals surface area contributed by atoms with Crippen molar-refractivity contribution in [2.45, 2.75) is 13.5 Å². The van der Waals surface area contributed by atoms with E-state index < -0.39 is 29.7 Å². The average molecular weight is 338 g/mol. The molecule has 0 bridgehead atoms. The first-order valence-electron chi connectivity index (χ1n) is 6.15. The molecule has 0 aliphatic carbocycles. The van der Waals surface area contributed by atoms with Crippen LogP contribution in [-0.2, 0) is 25.7 Å². The Kier molecular flexibility index (Phi) is 4.27. The Labute approximate surface area is 132 Å². The highest BCUT2D eigenvalue weighted by atomic mass is 32.1. The number of carboxylic acids is 2. The van der Waals surface area contributed by atoms with E-state index in [1.807, 2.05) is 5.32 Å². The van der Waals surface area contributed by atoms with Gasteiger partial charge in [-0.25, -0.2) is 9.59 Å². The molecule has 1 aliphatic rings. The smallest absolute Gasteiger partial charge is 0.394 e. The van der Waals surface area contributed by atoms with Crippen LogP contribution < -0.4 is 5.32 Å². The lowest BCUT2D eigenvalue weighted by Crippen LogP contribution is -2.29. The number of anilines is 1. The van der Waals surface area contributed by atoms with E-state index in [-0.39, 0.29) is 22.7 Å². The van der Waals surface area contributed by atoms with Crippen molar-refractivity contribution in [2.24, 2.45) is 0 Å². The van der Waals surface area contributed by atoms with Crippen LogP contribution in [0.4, 0.5) is 5.00 Å². The van der Waals surface area contributed by atoms with Gasteiger partial charge in [0.1, 0.15) is 5.00 Å². The number of aromatic carboxylic acids is 1. The summed E-state index contributed by atoms with van der Waals surface area (Å²) >= 11 is 0.780. The lowest BCUT2D eigenvalue weighted by Gasteiger charge is -2.12. The minimum absolute atomic E-state index is 0.167. The highest BCUT2D eigenvalue weighted by molar-refractivity contribution is 7.16. The van der Waals surface area contributed by atoms with Crippen LogP contribution in [0.25, 0.3) is 0 Å². The summed E-state index contributed by atoms with van der Waals surface area (Å²) in [5.74, 6) is -5.53. The molecule has 1 aromatic rings. The van der Waals surface area contributed by atoms with Crippen LogP contribution in [-0.4, -0.2) is 44.8 Å². The molecule has 10 heteroatoms. The third-order valence-corrected chi connectivity index (χ3v) is 3.97. The Hall–Kier alpha value is -3.01. The Morgan fingerprint density at radius 2 is 1.91 bits per heavy atom. The quantitative estimate of drug-likeness (QED) is 0.529. The van der Waals surface area contributed by atoms with Crippen molar-refractivity contribution >= 4 is 46.0 Å². The van der Waals surface area contributed by atoms with Crippen molar-refractivity contribution in [1.29, 1.82) is 0 Å². The van der Waals surface area contributed by atoms with Gasteiger partial charge in [0.25, 0.3) is 11.8 Å². The molecular weight excluding hydrogens is 328 g/mol. The fourth-order valence-corrected chi connectivity index (χ4v) is 2.90. The van der Waals surface area contributed by atoms with Gasteiger partial charge in [0.2, 0.25) is 0 Å². The molecule has 0 unspecified atom stereocenters. The van der Waals surface area contributed by atoms with Crippen molar-refractivity contribution in [3.63, 3.8) is 0 Å². The van der Waals surface area contributed by atoms with Gasteiger partial charge in [-0.15, -0.1) is 11.3 Å². The summed E-state index contributed by atoms with van der Waals surface area (Å²) in [4.78, 5) is 57.5. The lowest BCUT2D eigenvalue weighted by atomic mass is 10.2. The van der Waals surface area contributed by atoms with Crippen LogP contribution in [0.3, 0.4) is 0 Å². The predicted molar refractivity (Wildman–Crippen MR) is 76.9 cm³/mol. The van der Waals surface area contributed by atoms with Crippen LogP contribution in [0.2, 0.25) is 0 Å². The van der Waals surface area contributed by atoms with Crippen molar-refractivity contribution in [2.75, 3.05) is 5.32 Å². The van der Waals surface area contributed by atoms with E-state index in [0.717, 1.165) is 16.2 Å². The Balaban J connectivity index is 2.26. The van der Waals surface area contributed by atoms with Gasteiger partial charge in [-0.3, -0.25) is 19.3 Å². The topological polar surface area (TPSA) is 141 Å². The minimum atomic E-state index is -1.76.